The summed E-state index contributed by atoms with van der Waals surface area (Å²) in [5, 5.41) is 2.46. The minimum atomic E-state index is 0.135. The molecule has 1 saturated carbocycles. The van der Waals surface area contributed by atoms with E-state index < -0.39 is 0 Å². The molecule has 160 valence electrons. The van der Waals surface area contributed by atoms with Gasteiger partial charge in [-0.25, -0.2) is 0 Å². The molecule has 0 amide bonds. The molecule has 30 heavy (non-hydrogen) atoms. The highest BCUT2D eigenvalue weighted by atomic mass is 16.6. The van der Waals surface area contributed by atoms with Crippen molar-refractivity contribution in [3.63, 3.8) is 0 Å². The van der Waals surface area contributed by atoms with Crippen molar-refractivity contribution in [1.29, 1.82) is 0 Å². The Balaban J connectivity index is 1.66. The van der Waals surface area contributed by atoms with Crippen LogP contribution < -0.4 is 29.0 Å². The molecule has 6 heteroatoms. The first-order chi connectivity index (χ1) is 14.7. The average Bonchev–Trinajstić information content (AvgIpc) is 3.26. The summed E-state index contributed by atoms with van der Waals surface area (Å²) in [5.74, 6) is 3.72. The van der Waals surface area contributed by atoms with Crippen molar-refractivity contribution in [1.82, 2.24) is 0 Å². The largest absolute Gasteiger partial charge is 0.493 e. The number of hydrogen-bond acceptors (Lipinski definition) is 5. The molecule has 2 aromatic carbocycles. The summed E-state index contributed by atoms with van der Waals surface area (Å²) >= 11 is 0. The summed E-state index contributed by atoms with van der Waals surface area (Å²) < 4.78 is 28.6. The second-order valence-electron chi connectivity index (χ2n) is 8.45. The Labute approximate surface area is 177 Å². The lowest BCUT2D eigenvalue weighted by Crippen LogP contribution is -2.90. The second kappa shape index (κ2) is 7.58. The molecule has 6 nitrogen and oxygen atoms in total. The van der Waals surface area contributed by atoms with Gasteiger partial charge < -0.3 is 29.0 Å². The fraction of sp³-hybridized carbons (Fsp3) is 0.500. The van der Waals surface area contributed by atoms with Gasteiger partial charge in [0.1, 0.15) is 19.3 Å². The monoisotopic (exact) mass is 412 g/mol. The molecule has 2 N–H and O–H groups in total. The molecule has 0 aromatic heterocycles. The third-order valence-corrected chi connectivity index (χ3v) is 6.97. The standard InChI is InChI=1S/C24H29NO5/c1-26-20-10-15(11-21(27-2)23(20)28-3)22-16-12-18-19(30-9-8-29-18)13-17(16)24(14-25-22)6-4-5-7-24/h10-13,22,25H,4-9,14H2,1-3H3/p+1/t22-/m1/s1. The van der Waals surface area contributed by atoms with Crippen molar-refractivity contribution >= 4 is 0 Å². The molecule has 5 rings (SSSR count). The number of fused-ring (bicyclic) bond motifs is 3. The van der Waals surface area contributed by atoms with Gasteiger partial charge in [-0.15, -0.1) is 0 Å². The molecular weight excluding hydrogens is 382 g/mol. The fourth-order valence-electron chi connectivity index (χ4n) is 5.52. The molecule has 0 saturated heterocycles. The lowest BCUT2D eigenvalue weighted by molar-refractivity contribution is -0.698. The van der Waals surface area contributed by atoms with Crippen molar-refractivity contribution in [2.75, 3.05) is 41.1 Å². The topological polar surface area (TPSA) is 62.8 Å². The van der Waals surface area contributed by atoms with Gasteiger partial charge in [-0.05, 0) is 42.7 Å². The number of ether oxygens (including phenoxy) is 5. The van der Waals surface area contributed by atoms with Gasteiger partial charge in [0, 0.05) is 16.5 Å². The van der Waals surface area contributed by atoms with Crippen LogP contribution in [-0.4, -0.2) is 41.1 Å². The molecular formula is C24H30NO5+. The van der Waals surface area contributed by atoms with Gasteiger partial charge in [-0.2, -0.15) is 0 Å². The van der Waals surface area contributed by atoms with E-state index in [2.05, 4.69) is 29.6 Å². The number of quaternary nitrogens is 1. The lowest BCUT2D eigenvalue weighted by Gasteiger charge is -2.39. The van der Waals surface area contributed by atoms with Crippen LogP contribution in [0.1, 0.15) is 48.4 Å². The number of benzene rings is 2. The minimum Gasteiger partial charge on any atom is -0.493 e. The van der Waals surface area contributed by atoms with Gasteiger partial charge in [0.15, 0.2) is 23.0 Å². The van der Waals surface area contributed by atoms with Crippen molar-refractivity contribution < 1.29 is 29.0 Å². The molecule has 1 spiro atoms. The number of hydrogen-bond donors (Lipinski definition) is 1. The van der Waals surface area contributed by atoms with Crippen LogP contribution in [0.25, 0.3) is 0 Å². The average molecular weight is 413 g/mol. The highest BCUT2D eigenvalue weighted by molar-refractivity contribution is 5.58. The van der Waals surface area contributed by atoms with Gasteiger partial charge in [-0.3, -0.25) is 0 Å². The summed E-state index contributed by atoms with van der Waals surface area (Å²) in [4.78, 5) is 0. The Morgan fingerprint density at radius 1 is 0.867 bits per heavy atom. The van der Waals surface area contributed by atoms with E-state index in [0.29, 0.717) is 30.5 Å². The Kier molecular flexibility index (Phi) is 4.89. The van der Waals surface area contributed by atoms with Crippen molar-refractivity contribution in [2.45, 2.75) is 37.1 Å². The fourth-order valence-corrected chi connectivity index (χ4v) is 5.52. The third-order valence-electron chi connectivity index (χ3n) is 6.97. The Morgan fingerprint density at radius 3 is 2.10 bits per heavy atom. The van der Waals surface area contributed by atoms with Crippen molar-refractivity contribution in [3.8, 4) is 28.7 Å². The van der Waals surface area contributed by atoms with Crippen LogP contribution in [0.2, 0.25) is 0 Å². The minimum absolute atomic E-state index is 0.135. The predicted octanol–water partition coefficient (Wildman–Crippen LogP) is 2.96. The number of rotatable bonds is 4. The Morgan fingerprint density at radius 2 is 1.50 bits per heavy atom. The van der Waals surface area contributed by atoms with Crippen molar-refractivity contribution in [3.05, 3.63) is 41.0 Å². The van der Waals surface area contributed by atoms with Gasteiger partial charge in [0.25, 0.3) is 0 Å². The number of nitrogens with two attached hydrogens (primary N) is 1. The smallest absolute Gasteiger partial charge is 0.203 e. The maximum Gasteiger partial charge on any atom is 0.203 e. The van der Waals surface area contributed by atoms with Crippen LogP contribution in [0, 0.1) is 0 Å². The van der Waals surface area contributed by atoms with Crippen LogP contribution >= 0.6 is 0 Å². The van der Waals surface area contributed by atoms with E-state index in [0.717, 1.165) is 23.6 Å². The van der Waals surface area contributed by atoms with E-state index in [9.17, 15) is 0 Å². The first kappa shape index (κ1) is 19.4. The Bertz CT molecular complexity index is 926. The first-order valence-corrected chi connectivity index (χ1v) is 10.8. The quantitative estimate of drug-likeness (QED) is 0.837. The molecule has 0 unspecified atom stereocenters. The molecule has 1 fully saturated rings. The summed E-state index contributed by atoms with van der Waals surface area (Å²) in [6.45, 7) is 2.28. The molecule has 2 heterocycles. The highest BCUT2D eigenvalue weighted by Crippen LogP contribution is 2.49. The van der Waals surface area contributed by atoms with E-state index >= 15 is 0 Å². The Hall–Kier alpha value is -2.60. The molecule has 0 bridgehead atoms. The van der Waals surface area contributed by atoms with E-state index in [4.69, 9.17) is 23.7 Å². The zero-order chi connectivity index (χ0) is 20.7. The van der Waals surface area contributed by atoms with Gasteiger partial charge in [0.05, 0.1) is 27.9 Å². The van der Waals surface area contributed by atoms with E-state index in [1.54, 1.807) is 21.3 Å². The van der Waals surface area contributed by atoms with Crippen LogP contribution in [0.4, 0.5) is 0 Å². The molecule has 1 atom stereocenters. The molecule has 1 aliphatic carbocycles. The van der Waals surface area contributed by atoms with E-state index in [1.807, 2.05) is 0 Å². The van der Waals surface area contributed by atoms with Crippen molar-refractivity contribution in [2.24, 2.45) is 0 Å². The highest BCUT2D eigenvalue weighted by Gasteiger charge is 2.46. The molecule has 3 aliphatic rings. The van der Waals surface area contributed by atoms with Gasteiger partial charge in [0.2, 0.25) is 5.75 Å². The molecule has 2 aliphatic heterocycles. The second-order valence-corrected chi connectivity index (χ2v) is 8.45. The summed E-state index contributed by atoms with van der Waals surface area (Å²) in [5.41, 5.74) is 4.09. The third kappa shape index (κ3) is 2.97. The van der Waals surface area contributed by atoms with Crippen LogP contribution in [0.3, 0.4) is 0 Å². The maximum absolute atomic E-state index is 5.94. The summed E-state index contributed by atoms with van der Waals surface area (Å²) in [6.07, 6.45) is 5.05. The van der Waals surface area contributed by atoms with Crippen LogP contribution in [0.15, 0.2) is 24.3 Å². The maximum atomic E-state index is 5.94. The molecule has 2 aromatic rings. The SMILES string of the molecule is COc1cc([C@H]2[NH2+]CC3(CCCC3)c3cc4c(cc32)OCCO4)cc(OC)c1OC. The van der Waals surface area contributed by atoms with E-state index in [1.165, 1.54) is 36.8 Å². The van der Waals surface area contributed by atoms with E-state index in [-0.39, 0.29) is 11.5 Å². The van der Waals surface area contributed by atoms with Gasteiger partial charge >= 0.3 is 0 Å². The molecule has 0 radical (unpaired) electrons. The normalized spacial score (nSPS) is 21.2. The summed E-state index contributed by atoms with van der Waals surface area (Å²) in [7, 11) is 4.96. The van der Waals surface area contributed by atoms with Crippen LogP contribution in [-0.2, 0) is 5.41 Å². The predicted molar refractivity (Wildman–Crippen MR) is 112 cm³/mol. The van der Waals surface area contributed by atoms with Gasteiger partial charge in [-0.1, -0.05) is 12.8 Å². The zero-order valence-electron chi connectivity index (χ0n) is 18.0. The summed E-state index contributed by atoms with van der Waals surface area (Å²) in [6, 6.07) is 8.72. The lowest BCUT2D eigenvalue weighted by atomic mass is 9.71. The zero-order valence-corrected chi connectivity index (χ0v) is 18.0. The number of methoxy groups -OCH3 is 3. The van der Waals surface area contributed by atoms with Crippen LogP contribution in [0.5, 0.6) is 28.7 Å². The first-order valence-electron chi connectivity index (χ1n) is 10.8.